The number of hydrogen-bond donors (Lipinski definition) is 3. The predicted octanol–water partition coefficient (Wildman–Crippen LogP) is -0.167. The second-order valence-corrected chi connectivity index (χ2v) is 2.00. The van der Waals surface area contributed by atoms with Gasteiger partial charge in [0.25, 0.3) is 0 Å². The summed E-state index contributed by atoms with van der Waals surface area (Å²) in [6.07, 6.45) is 0.925. The van der Waals surface area contributed by atoms with Crippen molar-refractivity contribution in [3.05, 3.63) is 22.5 Å². The number of aromatic hydroxyl groups is 1. The first-order chi connectivity index (χ1) is 5.15. The Morgan fingerprint density at radius 3 is 2.82 bits per heavy atom. The van der Waals surface area contributed by atoms with E-state index < -0.39 is 11.2 Å². The summed E-state index contributed by atoms with van der Waals surface area (Å²) in [4.78, 5) is 10.7. The standard InChI is InChI=1S/C6H8N2O3/c1-7-6-2-4(9)5(10)3-8(6)11/h2-3,7,10-11H,1H3. The number of aromatic nitrogens is 1. The lowest BCUT2D eigenvalue weighted by molar-refractivity contribution is 0.187. The summed E-state index contributed by atoms with van der Waals surface area (Å²) in [5.74, 6) is -0.251. The van der Waals surface area contributed by atoms with Gasteiger partial charge in [0, 0.05) is 13.1 Å². The van der Waals surface area contributed by atoms with E-state index in [4.69, 9.17) is 10.3 Å². The molecule has 5 nitrogen and oxygen atoms in total. The predicted molar refractivity (Wildman–Crippen MR) is 39.1 cm³/mol. The van der Waals surface area contributed by atoms with Crippen molar-refractivity contribution in [1.29, 1.82) is 0 Å². The maximum Gasteiger partial charge on any atom is 0.225 e. The van der Waals surface area contributed by atoms with E-state index in [1.54, 1.807) is 7.05 Å². The van der Waals surface area contributed by atoms with Gasteiger partial charge in [0.05, 0.1) is 6.20 Å². The Labute approximate surface area is 62.5 Å². The first-order valence-corrected chi connectivity index (χ1v) is 2.98. The Kier molecular flexibility index (Phi) is 1.72. The molecule has 0 fully saturated rings. The number of hydrogen-bond acceptors (Lipinski definition) is 4. The molecule has 0 aliphatic heterocycles. The van der Waals surface area contributed by atoms with E-state index >= 15 is 0 Å². The molecule has 0 spiro atoms. The van der Waals surface area contributed by atoms with E-state index in [1.165, 1.54) is 0 Å². The summed E-state index contributed by atoms with van der Waals surface area (Å²) < 4.78 is 0.636. The molecule has 1 aromatic heterocycles. The zero-order valence-electron chi connectivity index (χ0n) is 5.90. The zero-order valence-corrected chi connectivity index (χ0v) is 5.90. The van der Waals surface area contributed by atoms with Crippen molar-refractivity contribution < 1.29 is 10.3 Å². The van der Waals surface area contributed by atoms with Gasteiger partial charge in [0.1, 0.15) is 5.82 Å². The summed E-state index contributed by atoms with van der Waals surface area (Å²) in [6, 6.07) is 1.09. The van der Waals surface area contributed by atoms with Crippen LogP contribution in [0.5, 0.6) is 5.75 Å². The van der Waals surface area contributed by atoms with Crippen LogP contribution in [0.15, 0.2) is 17.1 Å². The summed E-state index contributed by atoms with van der Waals surface area (Å²) in [7, 11) is 1.55. The van der Waals surface area contributed by atoms with Crippen molar-refractivity contribution in [3.8, 4) is 5.75 Å². The average Bonchev–Trinajstić information content (AvgIpc) is 1.97. The highest BCUT2D eigenvalue weighted by Gasteiger charge is 2.01. The first-order valence-electron chi connectivity index (χ1n) is 2.98. The number of nitrogens with zero attached hydrogens (tertiary/aromatic N) is 1. The summed E-state index contributed by atoms with van der Waals surface area (Å²) in [5.41, 5.74) is -0.528. The normalized spacial score (nSPS) is 9.55. The van der Waals surface area contributed by atoms with E-state index in [0.29, 0.717) is 4.73 Å². The van der Waals surface area contributed by atoms with E-state index in [-0.39, 0.29) is 5.82 Å². The van der Waals surface area contributed by atoms with Crippen LogP contribution in [-0.4, -0.2) is 22.1 Å². The third-order valence-corrected chi connectivity index (χ3v) is 1.27. The van der Waals surface area contributed by atoms with Crippen molar-refractivity contribution in [3.63, 3.8) is 0 Å². The topological polar surface area (TPSA) is 74.5 Å². The van der Waals surface area contributed by atoms with E-state index in [2.05, 4.69) is 5.32 Å². The molecule has 0 aliphatic carbocycles. The molecule has 60 valence electrons. The van der Waals surface area contributed by atoms with Crippen LogP contribution in [0.1, 0.15) is 0 Å². The minimum atomic E-state index is -0.528. The Morgan fingerprint density at radius 2 is 2.27 bits per heavy atom. The van der Waals surface area contributed by atoms with Crippen LogP contribution in [0.4, 0.5) is 5.82 Å². The number of anilines is 1. The molecular formula is C6H8N2O3. The molecule has 5 heteroatoms. The van der Waals surface area contributed by atoms with Gasteiger partial charge < -0.3 is 15.6 Å². The minimum absolute atomic E-state index is 0.229. The molecule has 0 radical (unpaired) electrons. The molecule has 11 heavy (non-hydrogen) atoms. The van der Waals surface area contributed by atoms with Crippen LogP contribution in [0.3, 0.4) is 0 Å². The highest BCUT2D eigenvalue weighted by molar-refractivity contribution is 5.37. The largest absolute Gasteiger partial charge is 0.503 e. The Balaban J connectivity index is 3.32. The molecule has 0 saturated heterocycles. The lowest BCUT2D eigenvalue weighted by Crippen LogP contribution is -2.09. The van der Waals surface area contributed by atoms with E-state index in [9.17, 15) is 4.79 Å². The number of rotatable bonds is 1. The molecule has 0 unspecified atom stereocenters. The van der Waals surface area contributed by atoms with Crippen LogP contribution in [0.2, 0.25) is 0 Å². The van der Waals surface area contributed by atoms with Gasteiger partial charge in [0.2, 0.25) is 5.43 Å². The molecule has 0 amide bonds. The summed E-state index contributed by atoms with van der Waals surface area (Å²) >= 11 is 0. The van der Waals surface area contributed by atoms with E-state index in [1.807, 2.05) is 0 Å². The molecule has 0 saturated carbocycles. The first kappa shape index (κ1) is 7.46. The van der Waals surface area contributed by atoms with Gasteiger partial charge in [0.15, 0.2) is 5.75 Å². The Morgan fingerprint density at radius 1 is 1.64 bits per heavy atom. The summed E-state index contributed by atoms with van der Waals surface area (Å²) in [5, 5.41) is 20.3. The van der Waals surface area contributed by atoms with Gasteiger partial charge >= 0.3 is 0 Å². The van der Waals surface area contributed by atoms with Gasteiger partial charge in [-0.05, 0) is 0 Å². The maximum atomic E-state index is 10.7. The molecule has 1 heterocycles. The van der Waals surface area contributed by atoms with Gasteiger partial charge in [-0.2, -0.15) is 4.73 Å². The minimum Gasteiger partial charge on any atom is -0.503 e. The fourth-order valence-corrected chi connectivity index (χ4v) is 0.700. The van der Waals surface area contributed by atoms with Crippen LogP contribution in [-0.2, 0) is 0 Å². The fraction of sp³-hybridized carbons (Fsp3) is 0.167. The highest BCUT2D eigenvalue weighted by Crippen LogP contribution is 2.05. The molecule has 0 aromatic carbocycles. The molecule has 1 aromatic rings. The van der Waals surface area contributed by atoms with Crippen molar-refractivity contribution >= 4 is 5.82 Å². The Hall–Kier alpha value is -1.65. The molecular weight excluding hydrogens is 148 g/mol. The molecule has 1 rings (SSSR count). The van der Waals surface area contributed by atoms with Gasteiger partial charge in [-0.3, -0.25) is 4.79 Å². The van der Waals surface area contributed by atoms with Crippen LogP contribution in [0, 0.1) is 0 Å². The second-order valence-electron chi connectivity index (χ2n) is 2.00. The van der Waals surface area contributed by atoms with Crippen molar-refractivity contribution in [2.75, 3.05) is 12.4 Å². The van der Waals surface area contributed by atoms with Gasteiger partial charge in [-0.15, -0.1) is 0 Å². The number of pyridine rings is 1. The third-order valence-electron chi connectivity index (χ3n) is 1.27. The quantitative estimate of drug-likeness (QED) is 0.493. The number of nitrogens with one attached hydrogen (secondary N) is 1. The zero-order chi connectivity index (χ0) is 8.43. The molecule has 0 aliphatic rings. The van der Waals surface area contributed by atoms with Gasteiger partial charge in [-0.1, -0.05) is 0 Å². The molecule has 3 N–H and O–H groups in total. The highest BCUT2D eigenvalue weighted by atomic mass is 16.5. The Bertz CT molecular complexity index is 318. The maximum absolute atomic E-state index is 10.7. The van der Waals surface area contributed by atoms with Crippen molar-refractivity contribution in [2.45, 2.75) is 0 Å². The van der Waals surface area contributed by atoms with Crippen molar-refractivity contribution in [2.24, 2.45) is 0 Å². The summed E-state index contributed by atoms with van der Waals surface area (Å²) in [6.45, 7) is 0. The van der Waals surface area contributed by atoms with Gasteiger partial charge in [-0.25, -0.2) is 0 Å². The SMILES string of the molecule is CNc1cc(=O)c(O)cn1O. The van der Waals surface area contributed by atoms with Crippen LogP contribution < -0.4 is 10.7 Å². The van der Waals surface area contributed by atoms with Crippen LogP contribution in [0.25, 0.3) is 0 Å². The average molecular weight is 156 g/mol. The molecule has 0 bridgehead atoms. The van der Waals surface area contributed by atoms with E-state index in [0.717, 1.165) is 12.3 Å². The second kappa shape index (κ2) is 2.53. The molecule has 0 atom stereocenters. The monoisotopic (exact) mass is 156 g/mol. The smallest absolute Gasteiger partial charge is 0.225 e. The lowest BCUT2D eigenvalue weighted by Gasteiger charge is -2.04. The lowest BCUT2D eigenvalue weighted by atomic mass is 10.4. The van der Waals surface area contributed by atoms with Crippen molar-refractivity contribution in [1.82, 2.24) is 4.73 Å². The third kappa shape index (κ3) is 1.26. The van der Waals surface area contributed by atoms with Crippen LogP contribution >= 0.6 is 0 Å². The fourth-order valence-electron chi connectivity index (χ4n) is 0.700.